The number of aromatic nitrogens is 2. The van der Waals surface area contributed by atoms with Crippen LogP contribution in [0.15, 0.2) is 29.4 Å². The van der Waals surface area contributed by atoms with E-state index in [1.807, 2.05) is 4.90 Å². The maximum absolute atomic E-state index is 11.7. The third-order valence-electron chi connectivity index (χ3n) is 5.91. The first kappa shape index (κ1) is 21.9. The highest BCUT2D eigenvalue weighted by Crippen LogP contribution is 2.34. The van der Waals surface area contributed by atoms with Gasteiger partial charge in [-0.05, 0) is 31.7 Å². The molecule has 1 aromatic heterocycles. The minimum atomic E-state index is -0.377. The van der Waals surface area contributed by atoms with Crippen molar-refractivity contribution in [2.24, 2.45) is 10.8 Å². The molecule has 1 aliphatic carbocycles. The highest BCUT2D eigenvalue weighted by atomic mass is 16.6. The zero-order valence-electron chi connectivity index (χ0n) is 17.9. The summed E-state index contributed by atoms with van der Waals surface area (Å²) >= 11 is 0. The molecule has 32 heavy (non-hydrogen) atoms. The topological polar surface area (TPSA) is 135 Å². The quantitative estimate of drug-likeness (QED) is 0.288. The third-order valence-corrected chi connectivity index (χ3v) is 5.91. The second-order valence-electron chi connectivity index (χ2n) is 7.94. The molecule has 0 amide bonds. The van der Waals surface area contributed by atoms with Gasteiger partial charge in [-0.15, -0.1) is 0 Å². The fourth-order valence-corrected chi connectivity index (χ4v) is 4.21. The maximum atomic E-state index is 11.7. The highest BCUT2D eigenvalue weighted by Gasteiger charge is 2.24. The van der Waals surface area contributed by atoms with Crippen molar-refractivity contribution in [1.82, 2.24) is 9.97 Å². The molecule has 0 atom stereocenters. The lowest BCUT2D eigenvalue weighted by molar-refractivity contribution is -0.384. The maximum Gasteiger partial charge on any atom is 0.294 e. The molecule has 170 valence electrons. The van der Waals surface area contributed by atoms with Gasteiger partial charge in [0.15, 0.2) is 5.82 Å². The first-order chi connectivity index (χ1) is 15.6. The smallest absolute Gasteiger partial charge is 0.294 e. The molecular weight excluding hydrogens is 412 g/mol. The standard InChI is InChI=1S/C21H28N8O3/c1-23-17-14-24-21(26-20(17)28(22)16-5-3-2-4-6-16)25-15-7-8-18(19(13-15)29(30)31)27-9-11-32-12-10-27/h7-8,13-14,16H,1-6,9-12,22H2,(H,24,25,26). The molecule has 2 aliphatic rings. The molecule has 0 radical (unpaired) electrons. The zero-order valence-corrected chi connectivity index (χ0v) is 17.9. The summed E-state index contributed by atoms with van der Waals surface area (Å²) in [5.74, 6) is 7.17. The summed E-state index contributed by atoms with van der Waals surface area (Å²) in [5, 5.41) is 16.4. The Labute approximate surface area is 186 Å². The number of hydrogen-bond acceptors (Lipinski definition) is 10. The van der Waals surface area contributed by atoms with Crippen LogP contribution in [0.3, 0.4) is 0 Å². The Hall–Kier alpha value is -3.31. The molecule has 1 aromatic carbocycles. The Balaban J connectivity index is 1.58. The van der Waals surface area contributed by atoms with Gasteiger partial charge in [0, 0.05) is 30.9 Å². The average molecular weight is 441 g/mol. The number of hydrogen-bond donors (Lipinski definition) is 2. The number of nitro groups is 1. The summed E-state index contributed by atoms with van der Waals surface area (Å²) in [5.41, 5.74) is 1.60. The number of nitro benzene ring substituents is 1. The minimum absolute atomic E-state index is 0.0177. The molecule has 4 rings (SSSR count). The predicted molar refractivity (Wildman–Crippen MR) is 124 cm³/mol. The molecular formula is C21H28N8O3. The SMILES string of the molecule is C=Nc1cnc(Nc2ccc(N3CCOCC3)c([N+](=O)[O-])c2)nc1N(N)C1CCCCC1. The molecule has 11 heteroatoms. The van der Waals surface area contributed by atoms with E-state index >= 15 is 0 Å². The van der Waals surface area contributed by atoms with Crippen LogP contribution in [0.4, 0.5) is 34.5 Å². The van der Waals surface area contributed by atoms with Crippen LogP contribution in [0, 0.1) is 10.1 Å². The van der Waals surface area contributed by atoms with Crippen LogP contribution in [0.5, 0.6) is 0 Å². The second-order valence-corrected chi connectivity index (χ2v) is 7.94. The van der Waals surface area contributed by atoms with Crippen molar-refractivity contribution in [3.8, 4) is 0 Å². The second kappa shape index (κ2) is 9.88. The number of nitrogens with one attached hydrogen (secondary N) is 1. The molecule has 1 saturated heterocycles. The van der Waals surface area contributed by atoms with Crippen molar-refractivity contribution in [1.29, 1.82) is 0 Å². The lowest BCUT2D eigenvalue weighted by Gasteiger charge is -2.31. The van der Waals surface area contributed by atoms with Crippen molar-refractivity contribution in [2.45, 2.75) is 38.1 Å². The van der Waals surface area contributed by atoms with E-state index in [1.165, 1.54) is 12.5 Å². The van der Waals surface area contributed by atoms with Crippen LogP contribution in [0.2, 0.25) is 0 Å². The summed E-state index contributed by atoms with van der Waals surface area (Å²) in [6, 6.07) is 5.20. The highest BCUT2D eigenvalue weighted by molar-refractivity contribution is 5.72. The van der Waals surface area contributed by atoms with Crippen LogP contribution in [0.1, 0.15) is 32.1 Å². The van der Waals surface area contributed by atoms with Gasteiger partial charge in [0.1, 0.15) is 11.4 Å². The van der Waals surface area contributed by atoms with Crippen molar-refractivity contribution >= 4 is 41.2 Å². The molecule has 0 spiro atoms. The first-order valence-electron chi connectivity index (χ1n) is 10.8. The van der Waals surface area contributed by atoms with Crippen LogP contribution in [-0.4, -0.2) is 54.0 Å². The Morgan fingerprint density at radius 1 is 1.28 bits per heavy atom. The number of nitrogens with zero attached hydrogens (tertiary/aromatic N) is 6. The number of ether oxygens (including phenoxy) is 1. The molecule has 2 aromatic rings. The molecule has 2 fully saturated rings. The number of morpholine rings is 1. The summed E-state index contributed by atoms with van der Waals surface area (Å²) in [7, 11) is 0. The molecule has 1 saturated carbocycles. The van der Waals surface area contributed by atoms with Crippen LogP contribution >= 0.6 is 0 Å². The van der Waals surface area contributed by atoms with Crippen molar-refractivity contribution < 1.29 is 9.66 Å². The number of benzene rings is 1. The molecule has 3 N–H and O–H groups in total. The van der Waals surface area contributed by atoms with Gasteiger partial charge in [0.05, 0.1) is 24.3 Å². The largest absolute Gasteiger partial charge is 0.378 e. The monoisotopic (exact) mass is 440 g/mol. The van der Waals surface area contributed by atoms with Gasteiger partial charge in [0.25, 0.3) is 5.69 Å². The number of aliphatic imine (C=N–C) groups is 1. The Bertz CT molecular complexity index is 974. The van der Waals surface area contributed by atoms with E-state index < -0.39 is 0 Å². The lowest BCUT2D eigenvalue weighted by Crippen LogP contribution is -2.43. The fraction of sp³-hybridized carbons (Fsp3) is 0.476. The van der Waals surface area contributed by atoms with Crippen molar-refractivity contribution in [3.05, 3.63) is 34.5 Å². The molecule has 0 unspecified atom stereocenters. The molecule has 1 aliphatic heterocycles. The zero-order chi connectivity index (χ0) is 22.5. The molecule has 11 nitrogen and oxygen atoms in total. The van der Waals surface area contributed by atoms with Crippen LogP contribution < -0.4 is 21.1 Å². The Kier molecular flexibility index (Phi) is 6.76. The number of hydrazine groups is 1. The Morgan fingerprint density at radius 3 is 2.72 bits per heavy atom. The van der Waals surface area contributed by atoms with Gasteiger partial charge in [-0.25, -0.2) is 10.8 Å². The lowest BCUT2D eigenvalue weighted by atomic mass is 9.95. The molecule has 2 heterocycles. The summed E-state index contributed by atoms with van der Waals surface area (Å²) < 4.78 is 5.35. The predicted octanol–water partition coefficient (Wildman–Crippen LogP) is 3.31. The van der Waals surface area contributed by atoms with E-state index in [0.29, 0.717) is 49.2 Å². The van der Waals surface area contributed by atoms with Gasteiger partial charge in [0.2, 0.25) is 5.95 Å². The van der Waals surface area contributed by atoms with Gasteiger partial charge in [-0.3, -0.25) is 20.1 Å². The van der Waals surface area contributed by atoms with Crippen LogP contribution in [-0.2, 0) is 4.74 Å². The van der Waals surface area contributed by atoms with Crippen molar-refractivity contribution in [3.63, 3.8) is 0 Å². The summed E-state index contributed by atoms with van der Waals surface area (Å²) in [6.45, 7) is 5.93. The van der Waals surface area contributed by atoms with Gasteiger partial charge < -0.3 is 15.0 Å². The van der Waals surface area contributed by atoms with Crippen LogP contribution in [0.25, 0.3) is 0 Å². The number of anilines is 4. The average Bonchev–Trinajstić information content (AvgIpc) is 2.84. The van der Waals surface area contributed by atoms with E-state index in [1.54, 1.807) is 23.3 Å². The summed E-state index contributed by atoms with van der Waals surface area (Å²) in [6.07, 6.45) is 7.02. The van der Waals surface area contributed by atoms with E-state index in [-0.39, 0.29) is 22.6 Å². The van der Waals surface area contributed by atoms with E-state index in [4.69, 9.17) is 10.6 Å². The first-order valence-corrected chi connectivity index (χ1v) is 10.8. The van der Waals surface area contributed by atoms with Gasteiger partial charge in [-0.2, -0.15) is 4.98 Å². The normalized spacial score (nSPS) is 17.1. The number of rotatable bonds is 7. The van der Waals surface area contributed by atoms with Crippen molar-refractivity contribution in [2.75, 3.05) is 41.5 Å². The Morgan fingerprint density at radius 2 is 2.03 bits per heavy atom. The minimum Gasteiger partial charge on any atom is -0.378 e. The van der Waals surface area contributed by atoms with E-state index in [2.05, 4.69) is 27.0 Å². The van der Waals surface area contributed by atoms with Gasteiger partial charge in [-0.1, -0.05) is 19.3 Å². The van der Waals surface area contributed by atoms with Gasteiger partial charge >= 0.3 is 0 Å². The third kappa shape index (κ3) is 4.78. The summed E-state index contributed by atoms with van der Waals surface area (Å²) in [4.78, 5) is 26.1. The molecule has 0 bridgehead atoms. The van der Waals surface area contributed by atoms with E-state index in [9.17, 15) is 10.1 Å². The number of nitrogens with two attached hydrogens (primary N) is 1. The fourth-order valence-electron chi connectivity index (χ4n) is 4.21. The van der Waals surface area contributed by atoms with E-state index in [0.717, 1.165) is 25.7 Å².